The molecule has 10 aromatic carbocycles. The Balaban J connectivity index is 1.03. The standard InChI is InChI=1S/C72H61N3/c1-5-26-57(27-6-2)73(58-32-16-9-17-33-58)61-46-48-63(49-47-61)75(60-36-20-11-21-37-60)69-51-53(4)71(67-41-25-23-39-65(67)69)70-52(3)50-68(64-38-22-24-40-66(64)70)74(59-34-18-10-19-35-59)62-44-42-56(43-45-62)72(54-28-12-7-13-29-54)55-30-14-8-15-31-55/h5-34,36-51,59,72H,1,35H2,2-4H3/b27-6-,57-26+. The fraction of sp³-hybridized carbons (Fsp3) is 0.0833. The van der Waals surface area contributed by atoms with E-state index in [1.54, 1.807) is 0 Å². The van der Waals surface area contributed by atoms with Gasteiger partial charge in [-0.1, -0.05) is 201 Å². The van der Waals surface area contributed by atoms with E-state index < -0.39 is 0 Å². The molecule has 0 saturated carbocycles. The molecule has 0 aromatic heterocycles. The molecule has 0 aliphatic heterocycles. The molecule has 3 heteroatoms. The van der Waals surface area contributed by atoms with Crippen molar-refractivity contribution in [2.24, 2.45) is 0 Å². The molecule has 75 heavy (non-hydrogen) atoms. The van der Waals surface area contributed by atoms with E-state index in [-0.39, 0.29) is 12.0 Å². The van der Waals surface area contributed by atoms with Crippen LogP contribution in [-0.2, 0) is 0 Å². The molecule has 1 aliphatic carbocycles. The molecular weight excluding hydrogens is 907 g/mol. The number of benzene rings is 10. The summed E-state index contributed by atoms with van der Waals surface area (Å²) in [5.41, 5.74) is 17.6. The highest BCUT2D eigenvalue weighted by Gasteiger charge is 2.27. The van der Waals surface area contributed by atoms with Gasteiger partial charge in [-0.2, -0.15) is 0 Å². The first kappa shape index (κ1) is 48.1. The van der Waals surface area contributed by atoms with Gasteiger partial charge in [-0.25, -0.2) is 0 Å². The van der Waals surface area contributed by atoms with Crippen LogP contribution in [-0.4, -0.2) is 6.04 Å². The predicted octanol–water partition coefficient (Wildman–Crippen LogP) is 19.7. The van der Waals surface area contributed by atoms with Gasteiger partial charge >= 0.3 is 0 Å². The highest BCUT2D eigenvalue weighted by Crippen LogP contribution is 2.49. The van der Waals surface area contributed by atoms with Crippen LogP contribution in [0.15, 0.2) is 291 Å². The van der Waals surface area contributed by atoms with Crippen molar-refractivity contribution in [1.82, 2.24) is 0 Å². The summed E-state index contributed by atoms with van der Waals surface area (Å²) in [7, 11) is 0. The molecule has 3 nitrogen and oxygen atoms in total. The number of nitrogens with zero attached hydrogens (tertiary/aromatic N) is 3. The normalized spacial score (nSPS) is 13.4. The molecule has 0 N–H and O–H groups in total. The largest absolute Gasteiger partial charge is 0.334 e. The van der Waals surface area contributed by atoms with Gasteiger partial charge in [0.05, 0.1) is 11.7 Å². The van der Waals surface area contributed by atoms with Crippen molar-refractivity contribution in [3.63, 3.8) is 0 Å². The molecule has 0 amide bonds. The van der Waals surface area contributed by atoms with E-state index in [0.717, 1.165) is 40.6 Å². The smallest absolute Gasteiger partial charge is 0.0560 e. The van der Waals surface area contributed by atoms with Crippen molar-refractivity contribution < 1.29 is 0 Å². The molecule has 1 unspecified atom stereocenters. The lowest BCUT2D eigenvalue weighted by molar-refractivity contribution is 0.786. The maximum absolute atomic E-state index is 4.05. The number of rotatable bonds is 15. The van der Waals surface area contributed by atoms with Crippen molar-refractivity contribution in [2.45, 2.75) is 39.2 Å². The molecule has 1 atom stereocenters. The maximum Gasteiger partial charge on any atom is 0.0560 e. The Bertz CT molecular complexity index is 3680. The molecule has 0 radical (unpaired) electrons. The van der Waals surface area contributed by atoms with E-state index >= 15 is 0 Å². The van der Waals surface area contributed by atoms with Gasteiger partial charge in [0.2, 0.25) is 0 Å². The van der Waals surface area contributed by atoms with Gasteiger partial charge in [-0.05, 0) is 162 Å². The summed E-state index contributed by atoms with van der Waals surface area (Å²) in [5.74, 6) is 0.122. The average Bonchev–Trinajstić information content (AvgIpc) is 3.46. The molecule has 0 saturated heterocycles. The van der Waals surface area contributed by atoms with Gasteiger partial charge in [0.15, 0.2) is 0 Å². The van der Waals surface area contributed by atoms with Gasteiger partial charge < -0.3 is 14.7 Å². The molecule has 0 spiro atoms. The number of allylic oxidation sites excluding steroid dienone is 6. The summed E-state index contributed by atoms with van der Waals surface area (Å²) in [6, 6.07) is 84.3. The monoisotopic (exact) mass is 967 g/mol. The van der Waals surface area contributed by atoms with Gasteiger partial charge in [0, 0.05) is 56.5 Å². The van der Waals surface area contributed by atoms with Crippen molar-refractivity contribution in [1.29, 1.82) is 0 Å². The van der Waals surface area contributed by atoms with Crippen LogP contribution in [0.25, 0.3) is 32.7 Å². The Morgan fingerprint density at radius 1 is 0.480 bits per heavy atom. The van der Waals surface area contributed by atoms with Crippen LogP contribution in [0.5, 0.6) is 0 Å². The van der Waals surface area contributed by atoms with Crippen LogP contribution in [0.2, 0.25) is 0 Å². The van der Waals surface area contributed by atoms with Crippen molar-refractivity contribution in [3.05, 3.63) is 319 Å². The number of aryl methyl sites for hydroxylation is 2. The van der Waals surface area contributed by atoms with Crippen LogP contribution in [0.4, 0.5) is 39.8 Å². The number of hydrogen-bond donors (Lipinski definition) is 0. The minimum Gasteiger partial charge on any atom is -0.334 e. The Morgan fingerprint density at radius 2 is 0.920 bits per heavy atom. The van der Waals surface area contributed by atoms with E-state index in [1.807, 2.05) is 13.0 Å². The Kier molecular flexibility index (Phi) is 14.0. The van der Waals surface area contributed by atoms with Gasteiger partial charge in [-0.15, -0.1) is 0 Å². The fourth-order valence-corrected chi connectivity index (χ4v) is 11.3. The summed E-state index contributed by atoms with van der Waals surface area (Å²) in [6.45, 7) is 10.7. The third kappa shape index (κ3) is 9.65. The third-order valence-electron chi connectivity index (χ3n) is 14.5. The van der Waals surface area contributed by atoms with E-state index in [4.69, 9.17) is 0 Å². The van der Waals surface area contributed by atoms with Crippen LogP contribution >= 0.6 is 0 Å². The molecule has 10 aromatic rings. The quantitative estimate of drug-likeness (QED) is 0.0749. The number of anilines is 7. The van der Waals surface area contributed by atoms with Crippen molar-refractivity contribution in [2.75, 3.05) is 14.7 Å². The van der Waals surface area contributed by atoms with E-state index in [9.17, 15) is 0 Å². The summed E-state index contributed by atoms with van der Waals surface area (Å²) in [4.78, 5) is 7.25. The minimum absolute atomic E-state index is 0.122. The third-order valence-corrected chi connectivity index (χ3v) is 14.5. The lowest BCUT2D eigenvalue weighted by Gasteiger charge is -2.35. The Morgan fingerprint density at radius 3 is 1.45 bits per heavy atom. The van der Waals surface area contributed by atoms with E-state index in [1.165, 1.54) is 71.9 Å². The SMILES string of the molecule is C=C/C=C(\C=C/C)N(c1ccccc1)c1ccc(N(c2ccccc2)c2cc(C)c(-c3c(C)cc(N(c4ccc(C(c5ccccc5)c5ccccc5)cc4)C4C=CC=CC4)c4ccccc34)c3ccccc23)cc1. The van der Waals surface area contributed by atoms with Crippen LogP contribution in [0.1, 0.15) is 47.1 Å². The summed E-state index contributed by atoms with van der Waals surface area (Å²) in [6.07, 6.45) is 18.0. The fourth-order valence-electron chi connectivity index (χ4n) is 11.3. The zero-order chi connectivity index (χ0) is 51.1. The summed E-state index contributed by atoms with van der Waals surface area (Å²) >= 11 is 0. The second-order valence-electron chi connectivity index (χ2n) is 19.3. The summed E-state index contributed by atoms with van der Waals surface area (Å²) < 4.78 is 0. The molecule has 0 heterocycles. The van der Waals surface area contributed by atoms with Gasteiger partial charge in [0.1, 0.15) is 0 Å². The molecule has 0 bridgehead atoms. The second-order valence-corrected chi connectivity index (χ2v) is 19.3. The Hall–Kier alpha value is -9.18. The highest BCUT2D eigenvalue weighted by atomic mass is 15.2. The Labute approximate surface area is 443 Å². The topological polar surface area (TPSA) is 9.72 Å². The van der Waals surface area contributed by atoms with Crippen LogP contribution in [0, 0.1) is 13.8 Å². The first-order valence-corrected chi connectivity index (χ1v) is 26.1. The first-order valence-electron chi connectivity index (χ1n) is 26.1. The average molecular weight is 968 g/mol. The van der Waals surface area contributed by atoms with Crippen molar-refractivity contribution >= 4 is 61.4 Å². The zero-order valence-electron chi connectivity index (χ0n) is 43.0. The van der Waals surface area contributed by atoms with Crippen LogP contribution in [0.3, 0.4) is 0 Å². The minimum atomic E-state index is 0.122. The van der Waals surface area contributed by atoms with Gasteiger partial charge in [0.25, 0.3) is 0 Å². The van der Waals surface area contributed by atoms with Gasteiger partial charge in [-0.3, -0.25) is 0 Å². The molecule has 11 rings (SSSR count). The zero-order valence-corrected chi connectivity index (χ0v) is 43.0. The molecule has 0 fully saturated rings. The number of hydrogen-bond acceptors (Lipinski definition) is 3. The number of para-hydroxylation sites is 2. The summed E-state index contributed by atoms with van der Waals surface area (Å²) in [5, 5.41) is 4.85. The van der Waals surface area contributed by atoms with E-state index in [2.05, 4.69) is 308 Å². The van der Waals surface area contributed by atoms with Crippen molar-refractivity contribution in [3.8, 4) is 11.1 Å². The molecular formula is C72H61N3. The van der Waals surface area contributed by atoms with E-state index in [0.29, 0.717) is 0 Å². The second kappa shape index (κ2) is 21.9. The highest BCUT2D eigenvalue weighted by molar-refractivity contribution is 6.14. The molecule has 364 valence electrons. The predicted molar refractivity (Wildman–Crippen MR) is 322 cm³/mol. The maximum atomic E-state index is 4.05. The lowest BCUT2D eigenvalue weighted by atomic mass is 9.85. The molecule has 1 aliphatic rings. The number of fused-ring (bicyclic) bond motifs is 2. The lowest BCUT2D eigenvalue weighted by Crippen LogP contribution is -2.30. The van der Waals surface area contributed by atoms with Crippen LogP contribution < -0.4 is 14.7 Å². The first-order chi connectivity index (χ1) is 37.0.